The summed E-state index contributed by atoms with van der Waals surface area (Å²) < 4.78 is 35.5. The van der Waals surface area contributed by atoms with Crippen LogP contribution in [0.5, 0.6) is 5.75 Å². The molecular weight excluding hydrogens is 550 g/mol. The lowest BCUT2D eigenvalue weighted by Gasteiger charge is -2.30. The van der Waals surface area contributed by atoms with E-state index in [1.165, 1.54) is 12.8 Å². The van der Waals surface area contributed by atoms with Crippen molar-refractivity contribution >= 4 is 27.1 Å². The number of hydrogen-bond donors (Lipinski definition) is 1. The normalized spacial score (nSPS) is 20.4. The lowest BCUT2D eigenvalue weighted by Crippen LogP contribution is -2.40. The van der Waals surface area contributed by atoms with Gasteiger partial charge >= 0.3 is 0 Å². The van der Waals surface area contributed by atoms with E-state index in [0.29, 0.717) is 18.8 Å². The smallest absolute Gasteiger partial charge is 0.231 e. The molecule has 9 heteroatoms. The van der Waals surface area contributed by atoms with E-state index in [0.717, 1.165) is 72.8 Å². The zero-order chi connectivity index (χ0) is 29.3. The average molecular weight is 592 g/mol. The molecule has 3 aromatic rings. The Morgan fingerprint density at radius 1 is 0.905 bits per heavy atom. The van der Waals surface area contributed by atoms with Crippen molar-refractivity contribution in [3.63, 3.8) is 0 Å². The number of nitrogens with one attached hydrogen (secondary N) is 1. The quantitative estimate of drug-likeness (QED) is 0.387. The van der Waals surface area contributed by atoms with Gasteiger partial charge in [-0.05, 0) is 68.5 Å². The summed E-state index contributed by atoms with van der Waals surface area (Å²) >= 11 is 0. The Morgan fingerprint density at radius 2 is 1.60 bits per heavy atom. The van der Waals surface area contributed by atoms with Crippen LogP contribution in [0.15, 0.2) is 59.0 Å². The van der Waals surface area contributed by atoms with Gasteiger partial charge in [0.1, 0.15) is 23.3 Å². The minimum atomic E-state index is -2.94. The molecule has 2 saturated heterocycles. The van der Waals surface area contributed by atoms with Crippen LogP contribution in [0.25, 0.3) is 0 Å². The highest BCUT2D eigenvalue weighted by Crippen LogP contribution is 2.49. The largest absolute Gasteiger partial charge is 0.497 e. The van der Waals surface area contributed by atoms with Gasteiger partial charge in [-0.2, -0.15) is 0 Å². The van der Waals surface area contributed by atoms with E-state index in [2.05, 4.69) is 27.2 Å². The molecule has 1 aliphatic carbocycles. The van der Waals surface area contributed by atoms with Crippen molar-refractivity contribution in [2.24, 2.45) is 0 Å². The van der Waals surface area contributed by atoms with E-state index in [4.69, 9.17) is 9.15 Å². The van der Waals surface area contributed by atoms with Crippen LogP contribution >= 0.6 is 0 Å². The molecule has 0 radical (unpaired) electrons. The van der Waals surface area contributed by atoms with Crippen molar-refractivity contribution in [3.8, 4) is 5.75 Å². The third kappa shape index (κ3) is 5.89. The first-order valence-electron chi connectivity index (χ1n) is 15.1. The van der Waals surface area contributed by atoms with E-state index in [-0.39, 0.29) is 17.4 Å². The SMILES string of the molecule is COc1ccc(C(NC(=O)C2(c3ccc(N4CCS(=O)(=O)CC4)cc3)CC2)c2ccc(C)o2)c(N2CCCCCC2)c1. The summed E-state index contributed by atoms with van der Waals surface area (Å²) in [7, 11) is -1.25. The fourth-order valence-electron chi connectivity index (χ4n) is 6.39. The van der Waals surface area contributed by atoms with Gasteiger partial charge in [-0.15, -0.1) is 0 Å². The second kappa shape index (κ2) is 11.7. The van der Waals surface area contributed by atoms with Gasteiger partial charge in [-0.25, -0.2) is 8.42 Å². The molecule has 1 N–H and O–H groups in total. The van der Waals surface area contributed by atoms with Gasteiger partial charge in [-0.3, -0.25) is 4.79 Å². The molecule has 2 aromatic carbocycles. The maximum Gasteiger partial charge on any atom is 0.231 e. The first-order valence-corrected chi connectivity index (χ1v) is 17.0. The zero-order valence-corrected chi connectivity index (χ0v) is 25.4. The van der Waals surface area contributed by atoms with Crippen LogP contribution in [0.3, 0.4) is 0 Å². The third-order valence-electron chi connectivity index (χ3n) is 9.13. The molecule has 0 bridgehead atoms. The Morgan fingerprint density at radius 3 is 2.19 bits per heavy atom. The number of rotatable bonds is 8. The predicted molar refractivity (Wildman–Crippen MR) is 165 cm³/mol. The monoisotopic (exact) mass is 591 g/mol. The molecular formula is C33H41N3O5S. The Bertz CT molecular complexity index is 1510. The molecule has 1 unspecified atom stereocenters. The number of anilines is 2. The summed E-state index contributed by atoms with van der Waals surface area (Å²) in [5.41, 5.74) is 3.48. The Kier molecular flexibility index (Phi) is 7.96. The number of furan rings is 1. The molecule has 1 amide bonds. The summed E-state index contributed by atoms with van der Waals surface area (Å²) in [6, 6.07) is 17.7. The number of amides is 1. The van der Waals surface area contributed by atoms with Crippen molar-refractivity contribution in [2.45, 2.75) is 56.9 Å². The van der Waals surface area contributed by atoms with Crippen molar-refractivity contribution in [1.29, 1.82) is 0 Å². The molecule has 224 valence electrons. The van der Waals surface area contributed by atoms with E-state index >= 15 is 0 Å². The van der Waals surface area contributed by atoms with E-state index < -0.39 is 21.3 Å². The maximum absolute atomic E-state index is 14.1. The fourth-order valence-corrected chi connectivity index (χ4v) is 7.59. The molecule has 1 atom stereocenters. The number of benzene rings is 2. The summed E-state index contributed by atoms with van der Waals surface area (Å²) in [5, 5.41) is 3.41. The Labute approximate surface area is 248 Å². The van der Waals surface area contributed by atoms with Gasteiger partial charge in [0.05, 0.1) is 24.0 Å². The minimum absolute atomic E-state index is 0.00370. The topological polar surface area (TPSA) is 92.1 Å². The van der Waals surface area contributed by atoms with Crippen LogP contribution in [0.1, 0.15) is 67.2 Å². The van der Waals surface area contributed by atoms with Gasteiger partial charge in [0, 0.05) is 49.2 Å². The molecule has 3 aliphatic rings. The molecule has 2 aliphatic heterocycles. The Hall–Kier alpha value is -3.46. The second-order valence-electron chi connectivity index (χ2n) is 11.9. The number of nitrogens with zero attached hydrogens (tertiary/aromatic N) is 2. The van der Waals surface area contributed by atoms with Gasteiger partial charge < -0.3 is 24.3 Å². The summed E-state index contributed by atoms with van der Waals surface area (Å²) in [4.78, 5) is 18.7. The lowest BCUT2D eigenvalue weighted by molar-refractivity contribution is -0.124. The number of carbonyl (C=O) groups excluding carboxylic acids is 1. The van der Waals surface area contributed by atoms with E-state index in [9.17, 15) is 13.2 Å². The molecule has 0 spiro atoms. The number of methoxy groups -OCH3 is 1. The molecule has 8 nitrogen and oxygen atoms in total. The maximum atomic E-state index is 14.1. The highest BCUT2D eigenvalue weighted by Gasteiger charge is 2.52. The first kappa shape index (κ1) is 28.6. The van der Waals surface area contributed by atoms with Crippen LogP contribution in [0.2, 0.25) is 0 Å². The summed E-state index contributed by atoms with van der Waals surface area (Å²) in [6.45, 7) is 4.86. The van der Waals surface area contributed by atoms with Crippen LogP contribution in [0.4, 0.5) is 11.4 Å². The van der Waals surface area contributed by atoms with E-state index in [1.807, 2.05) is 49.4 Å². The van der Waals surface area contributed by atoms with Crippen molar-refractivity contribution in [3.05, 3.63) is 77.2 Å². The third-order valence-corrected chi connectivity index (χ3v) is 10.7. The number of hydrogen-bond acceptors (Lipinski definition) is 7. The molecule has 1 aromatic heterocycles. The van der Waals surface area contributed by atoms with Crippen molar-refractivity contribution < 1.29 is 22.4 Å². The van der Waals surface area contributed by atoms with Gasteiger partial charge in [0.25, 0.3) is 0 Å². The highest BCUT2D eigenvalue weighted by atomic mass is 32.2. The second-order valence-corrected chi connectivity index (χ2v) is 14.3. The van der Waals surface area contributed by atoms with Gasteiger partial charge in [-0.1, -0.05) is 31.0 Å². The molecule has 3 fully saturated rings. The van der Waals surface area contributed by atoms with Crippen molar-refractivity contribution in [1.82, 2.24) is 5.32 Å². The Balaban J connectivity index is 1.28. The molecule has 6 rings (SSSR count). The van der Waals surface area contributed by atoms with Crippen LogP contribution in [-0.2, 0) is 20.0 Å². The highest BCUT2D eigenvalue weighted by molar-refractivity contribution is 7.91. The number of aryl methyl sites for hydroxylation is 1. The average Bonchev–Trinajstić information content (AvgIpc) is 3.76. The number of sulfone groups is 1. The standard InChI is InChI=1S/C33H41N3O5S/c1-24-7-14-30(41-24)31(28-13-12-27(40-2)23-29(28)36-17-5-3-4-6-18-36)34-32(37)33(15-16-33)25-8-10-26(11-9-25)35-19-21-42(38,39)22-20-35/h7-14,23,31H,3-6,15-22H2,1-2H3,(H,34,37). The number of carbonyl (C=O) groups is 1. The van der Waals surface area contributed by atoms with Crippen LogP contribution < -0.4 is 19.9 Å². The molecule has 3 heterocycles. The van der Waals surface area contributed by atoms with Crippen molar-refractivity contribution in [2.75, 3.05) is 54.6 Å². The zero-order valence-electron chi connectivity index (χ0n) is 24.6. The number of ether oxygens (including phenoxy) is 1. The van der Waals surface area contributed by atoms with Gasteiger partial charge in [0.2, 0.25) is 5.91 Å². The minimum Gasteiger partial charge on any atom is -0.497 e. The van der Waals surface area contributed by atoms with Crippen LogP contribution in [-0.4, -0.2) is 59.1 Å². The molecule has 42 heavy (non-hydrogen) atoms. The summed E-state index contributed by atoms with van der Waals surface area (Å²) in [5.74, 6) is 2.67. The predicted octanol–water partition coefficient (Wildman–Crippen LogP) is 5.15. The van der Waals surface area contributed by atoms with Gasteiger partial charge in [0.15, 0.2) is 9.84 Å². The lowest BCUT2D eigenvalue weighted by atomic mass is 9.93. The van der Waals surface area contributed by atoms with E-state index in [1.54, 1.807) is 7.11 Å². The summed E-state index contributed by atoms with van der Waals surface area (Å²) in [6.07, 6.45) is 6.30. The van der Waals surface area contributed by atoms with Crippen LogP contribution in [0, 0.1) is 6.92 Å². The molecule has 1 saturated carbocycles. The first-order chi connectivity index (χ1) is 20.3. The fraction of sp³-hybridized carbons (Fsp3) is 0.485.